The number of thiophene rings is 2. The number of hydrogen-bond acceptors (Lipinski definition) is 9. The molecule has 2 aliphatic rings. The van der Waals surface area contributed by atoms with Gasteiger partial charge in [0.15, 0.2) is 0 Å². The number of nitrogens with one attached hydrogen (secondary N) is 2. The number of aromatic carboxylic acids is 2. The van der Waals surface area contributed by atoms with Gasteiger partial charge in [-0.05, 0) is 116 Å². The molecule has 2 aliphatic carbocycles. The Labute approximate surface area is 450 Å². The molecule has 0 unspecified atom stereocenters. The summed E-state index contributed by atoms with van der Waals surface area (Å²) in [4.78, 5) is 50.8. The van der Waals surface area contributed by atoms with E-state index in [4.69, 9.17) is 5.11 Å². The van der Waals surface area contributed by atoms with E-state index in [0.717, 1.165) is 91.3 Å². The Kier molecular flexibility index (Phi) is 16.5. The van der Waals surface area contributed by atoms with Gasteiger partial charge in [-0.25, -0.2) is 4.79 Å². The number of nitrogens with zero attached hydrogens (tertiary/aromatic N) is 2. The van der Waals surface area contributed by atoms with E-state index >= 15 is 0 Å². The topological polar surface area (TPSA) is 205 Å². The first-order valence-corrected chi connectivity index (χ1v) is 23.6. The molecule has 4 heterocycles. The fraction of sp³-hybridized carbons (Fsp3) is 0.231. The smallest absolute Gasteiger partial charge is 0.870 e. The number of amides is 2. The molecule has 0 atom stereocenters. The van der Waals surface area contributed by atoms with Crippen LogP contribution in [0.15, 0.2) is 122 Å². The number of carboxylic acid groups (broad SMARTS) is 2. The summed E-state index contributed by atoms with van der Waals surface area (Å²) in [5.74, 6) is -2.71. The van der Waals surface area contributed by atoms with E-state index in [1.54, 1.807) is 24.3 Å². The maximum absolute atomic E-state index is 13.5. The number of rotatable bonds is 12. The van der Waals surface area contributed by atoms with Crippen molar-refractivity contribution in [2.24, 2.45) is 0 Å². The molecule has 2 fully saturated rings. The van der Waals surface area contributed by atoms with E-state index in [0.29, 0.717) is 35.3 Å². The number of carbonyl (C=O) groups excluding carboxylic acids is 3. The molecule has 0 spiro atoms. The second kappa shape index (κ2) is 21.5. The molecule has 4 aromatic carbocycles. The average Bonchev–Trinajstić information content (AvgIpc) is 4.11. The third-order valence-electron chi connectivity index (χ3n) is 12.8. The number of fused-ring (bicyclic) bond motifs is 2. The summed E-state index contributed by atoms with van der Waals surface area (Å²) in [5.41, 5.74) is 3.46. The molecule has 5 N–H and O–H groups in total. The first-order valence-electron chi connectivity index (χ1n) is 21.9. The van der Waals surface area contributed by atoms with Gasteiger partial charge >= 0.3 is 56.1 Å². The Morgan fingerprint density at radius 3 is 1.22 bits per heavy atom. The van der Waals surface area contributed by atoms with E-state index in [1.807, 2.05) is 47.5 Å². The molecular formula is C52H43CaF6N4O8S2-. The number of carbonyl (C=O) groups is 4. The first kappa shape index (κ1) is 56.3. The van der Waals surface area contributed by atoms with Crippen LogP contribution in [0.5, 0.6) is 0 Å². The fourth-order valence-electron chi connectivity index (χ4n) is 8.80. The number of aryl methyl sites for hydroxylation is 2. The van der Waals surface area contributed by atoms with Crippen LogP contribution in [0.25, 0.3) is 20.4 Å². The van der Waals surface area contributed by atoms with Crippen molar-refractivity contribution in [2.45, 2.75) is 76.1 Å². The van der Waals surface area contributed by atoms with Crippen LogP contribution in [0.1, 0.15) is 110 Å². The second-order valence-corrected chi connectivity index (χ2v) is 20.1. The van der Waals surface area contributed by atoms with Gasteiger partial charge in [0.1, 0.15) is 0 Å². The van der Waals surface area contributed by atoms with Crippen molar-refractivity contribution < 1.29 is 66.7 Å². The number of benzene rings is 4. The summed E-state index contributed by atoms with van der Waals surface area (Å²) in [5, 5.41) is 26.5. The van der Waals surface area contributed by atoms with Crippen molar-refractivity contribution in [2.75, 3.05) is 0 Å². The molecule has 73 heavy (non-hydrogen) atoms. The van der Waals surface area contributed by atoms with Crippen LogP contribution in [0.3, 0.4) is 0 Å². The molecule has 0 aliphatic heterocycles. The first-order chi connectivity index (χ1) is 33.1. The summed E-state index contributed by atoms with van der Waals surface area (Å²) in [6, 6.07) is 26.7. The van der Waals surface area contributed by atoms with Gasteiger partial charge in [0, 0.05) is 35.2 Å². The molecule has 0 saturated heterocycles. The zero-order chi connectivity index (χ0) is 49.9. The SMILES string of the molecule is Cc1sc2ccn(Cc3ccc(C(F)(F)F)cc3)c2c1C(=O)NC1(c2ccc(C(=O)O)cc2)CC1.Cc1sc2ccn(Cc3ccc(C(F)(F)F)cc3)c2c1C(=O)NC1(c2ccc(C(=O)[O-])cc2)CC1.[Ca+2].[OH-].[OH-]. The maximum Gasteiger partial charge on any atom is 2.00 e. The van der Waals surface area contributed by atoms with E-state index in [9.17, 15) is 50.6 Å². The monoisotopic (exact) mass is 1070 g/mol. The van der Waals surface area contributed by atoms with Crippen molar-refractivity contribution in [3.05, 3.63) is 187 Å². The summed E-state index contributed by atoms with van der Waals surface area (Å²) in [6.45, 7) is 4.41. The van der Waals surface area contributed by atoms with Crippen LogP contribution in [-0.2, 0) is 36.5 Å². The molecular weight excluding hydrogens is 1030 g/mol. The van der Waals surface area contributed by atoms with Gasteiger partial charge in [-0.3, -0.25) is 9.59 Å². The van der Waals surface area contributed by atoms with E-state index in [-0.39, 0.29) is 71.6 Å². The van der Waals surface area contributed by atoms with Gasteiger partial charge in [-0.1, -0.05) is 60.7 Å². The number of aromatic nitrogens is 2. The summed E-state index contributed by atoms with van der Waals surface area (Å²) in [7, 11) is 0. The van der Waals surface area contributed by atoms with Gasteiger partial charge in [0.25, 0.3) is 11.8 Å². The van der Waals surface area contributed by atoms with E-state index in [2.05, 4.69) is 10.6 Å². The largest absolute Gasteiger partial charge is 2.00 e. The van der Waals surface area contributed by atoms with Crippen molar-refractivity contribution in [3.8, 4) is 0 Å². The van der Waals surface area contributed by atoms with Gasteiger partial charge < -0.3 is 45.7 Å². The Morgan fingerprint density at radius 1 is 0.575 bits per heavy atom. The van der Waals surface area contributed by atoms with E-state index < -0.39 is 46.5 Å². The molecule has 2 amide bonds. The average molecular weight is 1070 g/mol. The van der Waals surface area contributed by atoms with Gasteiger partial charge in [-0.15, -0.1) is 22.7 Å². The Morgan fingerprint density at radius 2 is 0.918 bits per heavy atom. The summed E-state index contributed by atoms with van der Waals surface area (Å²) in [6.07, 6.45) is -2.12. The van der Waals surface area contributed by atoms with Crippen molar-refractivity contribution in [3.63, 3.8) is 0 Å². The van der Waals surface area contributed by atoms with Gasteiger partial charge in [0.2, 0.25) is 0 Å². The molecule has 376 valence electrons. The molecule has 21 heteroatoms. The van der Waals surface area contributed by atoms with Crippen LogP contribution >= 0.6 is 22.7 Å². The van der Waals surface area contributed by atoms with Crippen molar-refractivity contribution >= 4 is 105 Å². The summed E-state index contributed by atoms with van der Waals surface area (Å²) >= 11 is 2.99. The molecule has 10 rings (SSSR count). The second-order valence-electron chi connectivity index (χ2n) is 17.6. The zero-order valence-electron chi connectivity index (χ0n) is 38.9. The Balaban J connectivity index is 0.000000229. The molecule has 12 nitrogen and oxygen atoms in total. The predicted octanol–water partition coefficient (Wildman–Crippen LogP) is 10.3. The Bertz CT molecular complexity index is 3100. The van der Waals surface area contributed by atoms with Crippen molar-refractivity contribution in [1.82, 2.24) is 19.8 Å². The standard InChI is InChI=1S/2C26H21F3N2O3S.Ca.2H2O/c2*1-15-21(23(32)30-25(11-12-25)18-8-4-17(5-9-18)24(33)34)22-20(35-15)10-13-31(22)14-16-2-6-19(7-3-16)26(27,28)29;;;/h2*2-10,13H,11-12,14H2,1H3,(H,30,32)(H,33,34);;2*1H2/q;;+2;;/p-3. The van der Waals surface area contributed by atoms with Crippen molar-refractivity contribution in [1.29, 1.82) is 0 Å². The summed E-state index contributed by atoms with van der Waals surface area (Å²) < 4.78 is 83.0. The fourth-order valence-corrected chi connectivity index (χ4v) is 10.9. The van der Waals surface area contributed by atoms with Crippen LogP contribution in [0.4, 0.5) is 26.3 Å². The van der Waals surface area contributed by atoms with Gasteiger partial charge in [-0.2, -0.15) is 26.3 Å². The third kappa shape index (κ3) is 11.7. The predicted molar refractivity (Wildman–Crippen MR) is 261 cm³/mol. The zero-order valence-corrected chi connectivity index (χ0v) is 42.7. The van der Waals surface area contributed by atoms with Gasteiger partial charge in [0.05, 0.1) is 65.3 Å². The number of alkyl halides is 6. The molecule has 0 bridgehead atoms. The minimum absolute atomic E-state index is 0. The number of hydrogen-bond donors (Lipinski definition) is 3. The quantitative estimate of drug-likeness (QED) is 0.0791. The molecule has 4 aromatic heterocycles. The van der Waals surface area contributed by atoms with Crippen LogP contribution in [-0.4, -0.2) is 86.7 Å². The van der Waals surface area contributed by atoms with Crippen LogP contribution < -0.4 is 15.7 Å². The maximum atomic E-state index is 13.5. The molecule has 2 saturated carbocycles. The Hall–Kier alpha value is -6.00. The van der Waals surface area contributed by atoms with Crippen LogP contribution in [0, 0.1) is 13.8 Å². The molecule has 0 radical (unpaired) electrons. The minimum Gasteiger partial charge on any atom is -0.870 e. The minimum atomic E-state index is -4.39. The number of carboxylic acids is 2. The van der Waals surface area contributed by atoms with Crippen LogP contribution in [0.2, 0.25) is 0 Å². The molecule has 8 aromatic rings. The number of halogens is 6. The third-order valence-corrected chi connectivity index (χ3v) is 15.0. The normalized spacial score (nSPS) is 14.1. The van der Waals surface area contributed by atoms with E-state index in [1.165, 1.54) is 71.2 Å².